The maximum Gasteiger partial charge on any atom is 0.322 e. The van der Waals surface area contributed by atoms with Crippen molar-refractivity contribution in [2.24, 2.45) is 22.5 Å². The van der Waals surface area contributed by atoms with Gasteiger partial charge in [-0.2, -0.15) is 0 Å². The number of carbonyl (C=O) groups excluding carboxylic acids is 3. The molecule has 6 aliphatic rings. The Kier molecular flexibility index (Phi) is 8.84. The van der Waals surface area contributed by atoms with Gasteiger partial charge in [-0.3, -0.25) is 14.4 Å². The minimum atomic E-state index is -0.648. The average Bonchev–Trinajstić information content (AvgIpc) is 3.89. The van der Waals surface area contributed by atoms with E-state index in [9.17, 15) is 14.4 Å². The molecule has 2 aliphatic heterocycles. The minimum Gasteiger partial charge on any atom is -0.464 e. The van der Waals surface area contributed by atoms with Crippen molar-refractivity contribution < 1.29 is 33.3 Å². The Morgan fingerprint density at radius 3 is 2.21 bits per heavy atom. The molecule has 1 unspecified atom stereocenters. The first kappa shape index (κ1) is 31.4. The van der Waals surface area contributed by atoms with Crippen LogP contribution in [0.15, 0.2) is 11.6 Å². The Labute approximate surface area is 250 Å². The van der Waals surface area contributed by atoms with Crippen LogP contribution < -0.4 is 16.4 Å². The second-order valence-electron chi connectivity index (χ2n) is 14.1. The van der Waals surface area contributed by atoms with Gasteiger partial charge >= 0.3 is 5.97 Å². The fraction of sp³-hybridized carbons (Fsp3) is 0.844. The molecule has 2 heterocycles. The van der Waals surface area contributed by atoms with Crippen LogP contribution in [-0.2, 0) is 33.3 Å². The average molecular weight is 590 g/mol. The number of amides is 2. The number of allylic oxidation sites excluding steroid dienone is 1. The lowest BCUT2D eigenvalue weighted by atomic mass is 9.53. The van der Waals surface area contributed by atoms with E-state index in [2.05, 4.69) is 37.5 Å². The van der Waals surface area contributed by atoms with Crippen molar-refractivity contribution in [3.8, 4) is 0 Å². The van der Waals surface area contributed by atoms with E-state index in [0.29, 0.717) is 51.5 Å². The van der Waals surface area contributed by atoms with Crippen molar-refractivity contribution in [3.63, 3.8) is 0 Å². The SMILES string of the molecule is CO[C@H]1[C@H](C2(C)O[C@@H]2CC=C(C)C)[C@]2(CC[C@H]1NC(=O)C13CCC(C(=O)NCCCOC(=O)[C@H](C)N)(CC1)CC3)CO2. The summed E-state index contributed by atoms with van der Waals surface area (Å²) in [6, 6.07) is -0.750. The van der Waals surface area contributed by atoms with Gasteiger partial charge in [0.05, 0.1) is 37.1 Å². The molecule has 236 valence electrons. The highest BCUT2D eigenvalue weighted by molar-refractivity contribution is 5.87. The molecule has 2 bridgehead atoms. The van der Waals surface area contributed by atoms with E-state index >= 15 is 0 Å². The van der Waals surface area contributed by atoms with E-state index in [1.807, 2.05) is 0 Å². The molecule has 7 atom stereocenters. The van der Waals surface area contributed by atoms with E-state index in [-0.39, 0.29) is 53.8 Å². The zero-order chi connectivity index (χ0) is 30.3. The highest BCUT2D eigenvalue weighted by Crippen LogP contribution is 2.60. The second kappa shape index (κ2) is 11.8. The molecule has 10 heteroatoms. The summed E-state index contributed by atoms with van der Waals surface area (Å²) in [4.78, 5) is 38.6. The van der Waals surface area contributed by atoms with E-state index in [1.54, 1.807) is 14.0 Å². The molecule has 0 radical (unpaired) electrons. The Balaban J connectivity index is 1.15. The van der Waals surface area contributed by atoms with Gasteiger partial charge in [0.15, 0.2) is 0 Å². The number of fused-ring (bicyclic) bond motifs is 3. The smallest absolute Gasteiger partial charge is 0.322 e. The zero-order valence-corrected chi connectivity index (χ0v) is 26.1. The largest absolute Gasteiger partial charge is 0.464 e. The van der Waals surface area contributed by atoms with Crippen LogP contribution in [0.4, 0.5) is 0 Å². The summed E-state index contributed by atoms with van der Waals surface area (Å²) in [5.41, 5.74) is 5.39. The predicted octanol–water partition coefficient (Wildman–Crippen LogP) is 2.92. The first-order chi connectivity index (χ1) is 19.9. The van der Waals surface area contributed by atoms with Gasteiger partial charge in [-0.15, -0.1) is 0 Å². The molecule has 2 saturated heterocycles. The van der Waals surface area contributed by atoms with Crippen molar-refractivity contribution in [2.45, 2.75) is 127 Å². The summed E-state index contributed by atoms with van der Waals surface area (Å²) < 4.78 is 23.7. The molecule has 0 aromatic heterocycles. The van der Waals surface area contributed by atoms with Gasteiger partial charge < -0.3 is 35.3 Å². The summed E-state index contributed by atoms with van der Waals surface area (Å²) in [5.74, 6) is -0.222. The molecule has 4 saturated carbocycles. The second-order valence-corrected chi connectivity index (χ2v) is 14.1. The van der Waals surface area contributed by atoms with Gasteiger partial charge in [0.25, 0.3) is 0 Å². The summed E-state index contributed by atoms with van der Waals surface area (Å²) in [7, 11) is 1.74. The van der Waals surface area contributed by atoms with E-state index in [0.717, 1.165) is 25.9 Å². The minimum absolute atomic E-state index is 0.0541. The predicted molar refractivity (Wildman–Crippen MR) is 156 cm³/mol. The highest BCUT2D eigenvalue weighted by atomic mass is 16.6. The maximum atomic E-state index is 13.9. The molecule has 42 heavy (non-hydrogen) atoms. The lowest BCUT2D eigenvalue weighted by Crippen LogP contribution is -2.62. The van der Waals surface area contributed by atoms with Crippen molar-refractivity contribution in [1.82, 2.24) is 10.6 Å². The molecule has 6 rings (SSSR count). The van der Waals surface area contributed by atoms with Gasteiger partial charge in [0.2, 0.25) is 11.8 Å². The van der Waals surface area contributed by atoms with Crippen LogP contribution in [0, 0.1) is 16.7 Å². The molecule has 0 aromatic rings. The number of rotatable bonds is 12. The van der Waals surface area contributed by atoms with Gasteiger partial charge in [-0.25, -0.2) is 0 Å². The van der Waals surface area contributed by atoms with Crippen LogP contribution in [0.3, 0.4) is 0 Å². The van der Waals surface area contributed by atoms with Gasteiger partial charge in [-0.1, -0.05) is 11.6 Å². The van der Waals surface area contributed by atoms with E-state index in [4.69, 9.17) is 24.7 Å². The lowest BCUT2D eigenvalue weighted by Gasteiger charge is -2.52. The van der Waals surface area contributed by atoms with Gasteiger partial charge in [0, 0.05) is 30.4 Å². The number of epoxide rings is 2. The van der Waals surface area contributed by atoms with Gasteiger partial charge in [0.1, 0.15) is 11.6 Å². The Morgan fingerprint density at radius 2 is 1.67 bits per heavy atom. The molecule has 10 nitrogen and oxygen atoms in total. The summed E-state index contributed by atoms with van der Waals surface area (Å²) >= 11 is 0. The molecule has 1 spiro atoms. The third kappa shape index (κ3) is 5.88. The Hall–Kier alpha value is -2.01. The van der Waals surface area contributed by atoms with Crippen LogP contribution in [0.2, 0.25) is 0 Å². The van der Waals surface area contributed by atoms with Crippen molar-refractivity contribution in [1.29, 1.82) is 0 Å². The standard InChI is InChI=1S/C32H51N3O7/c1-20(2)7-8-23-29(4,42-23)25-24(39-5)22(9-10-32(25)19-41-32)35-28(38)31-14-11-30(12-15-31,13-16-31)27(37)34-17-6-18-40-26(36)21(3)33/h7,21-25H,6,8-19,33H2,1-5H3,(H,34,37)(H,35,38)/t21-,22+,23+,24+,25+,29?,30?,31?,32-/m0/s1. The Morgan fingerprint density at radius 1 is 1.05 bits per heavy atom. The summed E-state index contributed by atoms with van der Waals surface area (Å²) in [6.07, 6.45) is 9.56. The maximum absolute atomic E-state index is 13.9. The van der Waals surface area contributed by atoms with Crippen LogP contribution >= 0.6 is 0 Å². The normalized spacial score (nSPS) is 40.6. The number of nitrogens with one attached hydrogen (secondary N) is 2. The summed E-state index contributed by atoms with van der Waals surface area (Å²) in [6.45, 7) is 9.37. The number of hydrogen-bond donors (Lipinski definition) is 3. The number of esters is 1. The quantitative estimate of drug-likeness (QED) is 0.136. The number of carbonyl (C=O) groups is 3. The Bertz CT molecular complexity index is 1060. The van der Waals surface area contributed by atoms with Crippen LogP contribution in [-0.4, -0.2) is 80.1 Å². The third-order valence-electron chi connectivity index (χ3n) is 11.0. The van der Waals surface area contributed by atoms with Crippen LogP contribution in [0.5, 0.6) is 0 Å². The topological polar surface area (TPSA) is 145 Å². The summed E-state index contributed by atoms with van der Waals surface area (Å²) in [5, 5.41) is 6.48. The van der Waals surface area contributed by atoms with E-state index in [1.165, 1.54) is 5.57 Å². The fourth-order valence-corrected chi connectivity index (χ4v) is 8.10. The van der Waals surface area contributed by atoms with E-state index < -0.39 is 22.8 Å². The first-order valence-corrected chi connectivity index (χ1v) is 15.9. The molecule has 0 aromatic carbocycles. The van der Waals surface area contributed by atoms with Crippen molar-refractivity contribution in [3.05, 3.63) is 11.6 Å². The zero-order valence-electron chi connectivity index (χ0n) is 26.1. The fourth-order valence-electron chi connectivity index (χ4n) is 8.10. The molecular formula is C32H51N3O7. The number of methoxy groups -OCH3 is 1. The number of nitrogens with two attached hydrogens (primary N) is 1. The molecule has 6 fully saturated rings. The molecule has 4 N–H and O–H groups in total. The van der Waals surface area contributed by atoms with Crippen LogP contribution in [0.25, 0.3) is 0 Å². The molecule has 4 aliphatic carbocycles. The van der Waals surface area contributed by atoms with Crippen molar-refractivity contribution in [2.75, 3.05) is 26.9 Å². The lowest BCUT2D eigenvalue weighted by molar-refractivity contribution is -0.153. The molecular weight excluding hydrogens is 538 g/mol. The number of ether oxygens (including phenoxy) is 4. The third-order valence-corrected chi connectivity index (χ3v) is 11.0. The van der Waals surface area contributed by atoms with Gasteiger partial charge in [-0.05, 0) is 91.9 Å². The van der Waals surface area contributed by atoms with Crippen LogP contribution in [0.1, 0.15) is 91.9 Å². The monoisotopic (exact) mass is 589 g/mol. The first-order valence-electron chi connectivity index (χ1n) is 15.9. The molecule has 2 amide bonds. The van der Waals surface area contributed by atoms with Crippen molar-refractivity contribution >= 4 is 17.8 Å². The number of hydrogen-bond acceptors (Lipinski definition) is 8. The highest BCUT2D eigenvalue weighted by Gasteiger charge is 2.72.